The summed E-state index contributed by atoms with van der Waals surface area (Å²) in [5.41, 5.74) is 1.02. The standard InChI is InChI=1S/C16H22N2O/c1-4-15(12(2)3)18-16(19)14(11-17)10-13-8-6-5-7-9-13/h5-9,12,14-15H,4,10H2,1-3H3,(H,18,19). The van der Waals surface area contributed by atoms with E-state index in [4.69, 9.17) is 0 Å². The minimum Gasteiger partial charge on any atom is -0.352 e. The molecule has 0 fully saturated rings. The van der Waals surface area contributed by atoms with Crippen molar-refractivity contribution in [2.24, 2.45) is 11.8 Å². The predicted molar refractivity (Wildman–Crippen MR) is 76.3 cm³/mol. The Kier molecular flexibility index (Phi) is 6.08. The van der Waals surface area contributed by atoms with Gasteiger partial charge in [-0.1, -0.05) is 51.1 Å². The molecule has 0 heterocycles. The van der Waals surface area contributed by atoms with Crippen molar-refractivity contribution in [3.05, 3.63) is 35.9 Å². The van der Waals surface area contributed by atoms with Crippen LogP contribution >= 0.6 is 0 Å². The maximum atomic E-state index is 12.1. The molecule has 19 heavy (non-hydrogen) atoms. The first-order valence-corrected chi connectivity index (χ1v) is 6.82. The van der Waals surface area contributed by atoms with E-state index in [9.17, 15) is 10.1 Å². The molecule has 0 aliphatic rings. The lowest BCUT2D eigenvalue weighted by Gasteiger charge is -2.22. The second-order valence-electron chi connectivity index (χ2n) is 5.14. The Bertz CT molecular complexity index is 434. The van der Waals surface area contributed by atoms with E-state index in [-0.39, 0.29) is 11.9 Å². The van der Waals surface area contributed by atoms with Gasteiger partial charge in [0.2, 0.25) is 5.91 Å². The van der Waals surface area contributed by atoms with Crippen LogP contribution < -0.4 is 5.32 Å². The van der Waals surface area contributed by atoms with Crippen LogP contribution in [0.15, 0.2) is 30.3 Å². The average molecular weight is 258 g/mol. The summed E-state index contributed by atoms with van der Waals surface area (Å²) in [5, 5.41) is 12.1. The van der Waals surface area contributed by atoms with Gasteiger partial charge in [-0.2, -0.15) is 5.26 Å². The summed E-state index contributed by atoms with van der Waals surface area (Å²) in [7, 11) is 0. The molecule has 3 heteroatoms. The molecule has 0 saturated carbocycles. The van der Waals surface area contributed by atoms with E-state index in [1.165, 1.54) is 0 Å². The monoisotopic (exact) mass is 258 g/mol. The number of nitrogens with one attached hydrogen (secondary N) is 1. The lowest BCUT2D eigenvalue weighted by atomic mass is 9.97. The Balaban J connectivity index is 2.65. The third-order valence-corrected chi connectivity index (χ3v) is 3.33. The van der Waals surface area contributed by atoms with Gasteiger partial charge in [-0.3, -0.25) is 4.79 Å². The summed E-state index contributed by atoms with van der Waals surface area (Å²) in [5.74, 6) is -0.396. The van der Waals surface area contributed by atoms with Gasteiger partial charge in [-0.15, -0.1) is 0 Å². The first-order chi connectivity index (χ1) is 9.08. The van der Waals surface area contributed by atoms with Crippen LogP contribution in [0.4, 0.5) is 0 Å². The Morgan fingerprint density at radius 1 is 1.32 bits per heavy atom. The molecule has 2 unspecified atom stereocenters. The lowest BCUT2D eigenvalue weighted by Crippen LogP contribution is -2.41. The summed E-state index contributed by atoms with van der Waals surface area (Å²) in [6.07, 6.45) is 1.35. The molecule has 1 aromatic rings. The SMILES string of the molecule is CCC(NC(=O)C(C#N)Cc1ccccc1)C(C)C. The van der Waals surface area contributed by atoms with E-state index >= 15 is 0 Å². The highest BCUT2D eigenvalue weighted by Crippen LogP contribution is 2.11. The van der Waals surface area contributed by atoms with E-state index in [0.717, 1.165) is 12.0 Å². The van der Waals surface area contributed by atoms with E-state index < -0.39 is 5.92 Å². The number of benzene rings is 1. The normalized spacial score (nSPS) is 13.6. The zero-order chi connectivity index (χ0) is 14.3. The smallest absolute Gasteiger partial charge is 0.237 e. The Hall–Kier alpha value is -1.82. The van der Waals surface area contributed by atoms with Crippen LogP contribution in [-0.2, 0) is 11.2 Å². The van der Waals surface area contributed by atoms with Gasteiger partial charge < -0.3 is 5.32 Å². The summed E-state index contributed by atoms with van der Waals surface area (Å²) in [4.78, 5) is 12.1. The topological polar surface area (TPSA) is 52.9 Å². The zero-order valence-corrected chi connectivity index (χ0v) is 11.9. The van der Waals surface area contributed by atoms with Crippen molar-refractivity contribution in [1.29, 1.82) is 5.26 Å². The molecule has 0 aromatic heterocycles. The van der Waals surface area contributed by atoms with Crippen LogP contribution in [0.5, 0.6) is 0 Å². The third kappa shape index (κ3) is 4.75. The van der Waals surface area contributed by atoms with E-state index in [2.05, 4.69) is 25.2 Å². The lowest BCUT2D eigenvalue weighted by molar-refractivity contribution is -0.124. The minimum atomic E-state index is -0.616. The molecule has 0 saturated heterocycles. The fourth-order valence-corrected chi connectivity index (χ4v) is 2.07. The van der Waals surface area contributed by atoms with Crippen molar-refractivity contribution in [3.8, 4) is 6.07 Å². The van der Waals surface area contributed by atoms with Gasteiger partial charge in [0.15, 0.2) is 0 Å². The second-order valence-corrected chi connectivity index (χ2v) is 5.14. The average Bonchev–Trinajstić information content (AvgIpc) is 2.42. The van der Waals surface area contributed by atoms with Crippen molar-refractivity contribution < 1.29 is 4.79 Å². The number of nitriles is 1. The number of amides is 1. The molecule has 1 amide bonds. The van der Waals surface area contributed by atoms with E-state index in [1.807, 2.05) is 37.3 Å². The molecule has 0 aliphatic heterocycles. The fraction of sp³-hybridized carbons (Fsp3) is 0.500. The molecule has 3 nitrogen and oxygen atoms in total. The van der Waals surface area contributed by atoms with Crippen LogP contribution in [0.25, 0.3) is 0 Å². The summed E-state index contributed by atoms with van der Waals surface area (Å²) in [6, 6.07) is 11.9. The van der Waals surface area contributed by atoms with E-state index in [0.29, 0.717) is 12.3 Å². The molecular formula is C16H22N2O. The molecule has 2 atom stereocenters. The van der Waals surface area contributed by atoms with Crippen LogP contribution in [0.3, 0.4) is 0 Å². The molecule has 1 N–H and O–H groups in total. The first kappa shape index (κ1) is 15.2. The Labute approximate surface area is 115 Å². The number of carbonyl (C=O) groups is 1. The minimum absolute atomic E-state index is 0.138. The maximum Gasteiger partial charge on any atom is 0.237 e. The van der Waals surface area contributed by atoms with Crippen molar-refractivity contribution >= 4 is 5.91 Å². The van der Waals surface area contributed by atoms with Crippen LogP contribution in [-0.4, -0.2) is 11.9 Å². The molecule has 0 radical (unpaired) electrons. The van der Waals surface area contributed by atoms with Crippen LogP contribution in [0, 0.1) is 23.2 Å². The van der Waals surface area contributed by atoms with Crippen LogP contribution in [0.1, 0.15) is 32.8 Å². The fourth-order valence-electron chi connectivity index (χ4n) is 2.07. The number of carbonyl (C=O) groups excluding carboxylic acids is 1. The molecule has 1 rings (SSSR count). The van der Waals surface area contributed by atoms with E-state index in [1.54, 1.807) is 0 Å². The van der Waals surface area contributed by atoms with Crippen molar-refractivity contribution in [1.82, 2.24) is 5.32 Å². The molecule has 1 aromatic carbocycles. The molecule has 0 spiro atoms. The largest absolute Gasteiger partial charge is 0.352 e. The highest BCUT2D eigenvalue weighted by Gasteiger charge is 2.22. The maximum absolute atomic E-state index is 12.1. The van der Waals surface area contributed by atoms with Gasteiger partial charge in [0.1, 0.15) is 5.92 Å². The number of nitrogens with zero attached hydrogens (tertiary/aromatic N) is 1. The highest BCUT2D eigenvalue weighted by atomic mass is 16.1. The van der Waals surface area contributed by atoms with Crippen molar-refractivity contribution in [2.75, 3.05) is 0 Å². The van der Waals surface area contributed by atoms with Gasteiger partial charge in [0, 0.05) is 6.04 Å². The van der Waals surface area contributed by atoms with Gasteiger partial charge in [-0.05, 0) is 24.3 Å². The Morgan fingerprint density at radius 3 is 2.42 bits per heavy atom. The van der Waals surface area contributed by atoms with Gasteiger partial charge >= 0.3 is 0 Å². The highest BCUT2D eigenvalue weighted by molar-refractivity contribution is 5.81. The van der Waals surface area contributed by atoms with Crippen LogP contribution in [0.2, 0.25) is 0 Å². The van der Waals surface area contributed by atoms with Crippen molar-refractivity contribution in [3.63, 3.8) is 0 Å². The summed E-state index contributed by atoms with van der Waals surface area (Å²) < 4.78 is 0. The van der Waals surface area contributed by atoms with Gasteiger partial charge in [-0.25, -0.2) is 0 Å². The molecule has 0 aliphatic carbocycles. The predicted octanol–water partition coefficient (Wildman–Crippen LogP) is 2.92. The summed E-state index contributed by atoms with van der Waals surface area (Å²) >= 11 is 0. The molecule has 0 bridgehead atoms. The number of rotatable bonds is 6. The molecular weight excluding hydrogens is 236 g/mol. The quantitative estimate of drug-likeness (QED) is 0.853. The third-order valence-electron chi connectivity index (χ3n) is 3.33. The number of hydrogen-bond donors (Lipinski definition) is 1. The van der Waals surface area contributed by atoms with Crippen molar-refractivity contribution in [2.45, 2.75) is 39.7 Å². The second kappa shape index (κ2) is 7.58. The zero-order valence-electron chi connectivity index (χ0n) is 11.9. The van der Waals surface area contributed by atoms with Gasteiger partial charge in [0.25, 0.3) is 0 Å². The van der Waals surface area contributed by atoms with Gasteiger partial charge in [0.05, 0.1) is 6.07 Å². The molecule has 102 valence electrons. The number of hydrogen-bond acceptors (Lipinski definition) is 2. The first-order valence-electron chi connectivity index (χ1n) is 6.82. The summed E-state index contributed by atoms with van der Waals surface area (Å²) in [6.45, 7) is 6.20. The Morgan fingerprint density at radius 2 is 1.95 bits per heavy atom.